The molecule has 12 rings (SSSR count). The van der Waals surface area contributed by atoms with E-state index in [4.69, 9.17) is 5.73 Å². The van der Waals surface area contributed by atoms with Crippen LogP contribution in [0, 0.1) is 5.92 Å². The van der Waals surface area contributed by atoms with Crippen molar-refractivity contribution in [1.29, 1.82) is 0 Å². The summed E-state index contributed by atoms with van der Waals surface area (Å²) in [6.07, 6.45) is 29.6. The van der Waals surface area contributed by atoms with Crippen LogP contribution in [0.3, 0.4) is 0 Å². The first-order valence-electron chi connectivity index (χ1n) is 27.2. The van der Waals surface area contributed by atoms with Crippen LogP contribution in [0.4, 0.5) is 0 Å². The molecule has 2 aromatic heterocycles. The Bertz CT molecular complexity index is 3820. The summed E-state index contributed by atoms with van der Waals surface area (Å²) in [5.74, 6) is 0.467. The minimum absolute atomic E-state index is 0.467. The van der Waals surface area contributed by atoms with Crippen molar-refractivity contribution in [3.05, 3.63) is 241 Å². The highest BCUT2D eigenvalue weighted by molar-refractivity contribution is 6.14. The Morgan fingerprint density at radius 2 is 0.959 bits per heavy atom. The van der Waals surface area contributed by atoms with E-state index in [1.165, 1.54) is 141 Å². The van der Waals surface area contributed by atoms with Gasteiger partial charge in [0.15, 0.2) is 0 Å². The van der Waals surface area contributed by atoms with Crippen molar-refractivity contribution >= 4 is 54.9 Å². The van der Waals surface area contributed by atoms with Crippen LogP contribution >= 0.6 is 0 Å². The Morgan fingerprint density at radius 3 is 1.57 bits per heavy atom. The molecule has 2 aliphatic rings. The molecule has 2 heterocycles. The maximum absolute atomic E-state index is 6.91. The third kappa shape index (κ3) is 9.28. The Morgan fingerprint density at radius 1 is 0.473 bits per heavy atom. The van der Waals surface area contributed by atoms with Crippen LogP contribution in [-0.4, -0.2) is 9.13 Å². The summed E-state index contributed by atoms with van der Waals surface area (Å²) < 4.78 is 4.85. The van der Waals surface area contributed by atoms with Gasteiger partial charge in [-0.3, -0.25) is 0 Å². The van der Waals surface area contributed by atoms with Gasteiger partial charge in [0.1, 0.15) is 0 Å². The lowest BCUT2D eigenvalue weighted by atomic mass is 9.85. The third-order valence-electron chi connectivity index (χ3n) is 15.9. The summed E-state index contributed by atoms with van der Waals surface area (Å²) in [7, 11) is 0. The summed E-state index contributed by atoms with van der Waals surface area (Å²) in [6.45, 7) is 2.42. The molecule has 74 heavy (non-hydrogen) atoms. The van der Waals surface area contributed by atoms with Crippen LogP contribution in [0.15, 0.2) is 230 Å². The molecule has 1 atom stereocenters. The summed E-state index contributed by atoms with van der Waals surface area (Å²) in [5.41, 5.74) is 27.2. The number of fused-ring (bicyclic) bond motifs is 6. The highest BCUT2D eigenvalue weighted by Crippen LogP contribution is 2.43. The van der Waals surface area contributed by atoms with Gasteiger partial charge in [0, 0.05) is 44.2 Å². The fraction of sp³-hybridized carbons (Fsp3) is 0.183. The SMILES string of the molecule is CC1CCCCCC/C=C\C=C/1c1ccccc1-c1ccc2c(c1)c1cc(-c3ccc4c(c3)c3cc(-c5ccccc5/C(N)=C/C=C\C=C5CCCCC5)ccc3n4-c3ccccc3)ccc1n2-c1ccccc1. The second-order valence-electron chi connectivity index (χ2n) is 20.7. The summed E-state index contributed by atoms with van der Waals surface area (Å²) >= 11 is 0. The number of rotatable bonds is 9. The van der Waals surface area contributed by atoms with E-state index in [0.717, 1.165) is 40.2 Å². The van der Waals surface area contributed by atoms with Gasteiger partial charge in [-0.2, -0.15) is 0 Å². The van der Waals surface area contributed by atoms with Crippen molar-refractivity contribution in [1.82, 2.24) is 9.13 Å². The van der Waals surface area contributed by atoms with Crippen molar-refractivity contribution in [2.45, 2.75) is 77.6 Å². The number of benzene rings is 8. The molecule has 0 saturated heterocycles. The first-order valence-corrected chi connectivity index (χ1v) is 27.2. The average Bonchev–Trinajstić information content (AvgIpc) is 3.95. The molecule has 0 radical (unpaired) electrons. The smallest absolute Gasteiger partial charge is 0.0541 e. The van der Waals surface area contributed by atoms with Crippen LogP contribution in [0.25, 0.3) is 99.6 Å². The molecule has 3 nitrogen and oxygen atoms in total. The molecule has 1 saturated carbocycles. The topological polar surface area (TPSA) is 35.9 Å². The molecule has 0 aliphatic heterocycles. The zero-order chi connectivity index (χ0) is 49.8. The van der Waals surface area contributed by atoms with E-state index in [0.29, 0.717) is 5.92 Å². The molecule has 0 amide bonds. The van der Waals surface area contributed by atoms with Crippen LogP contribution in [0.5, 0.6) is 0 Å². The highest BCUT2D eigenvalue weighted by Gasteiger charge is 2.20. The Labute approximate surface area is 437 Å². The van der Waals surface area contributed by atoms with Crippen molar-refractivity contribution < 1.29 is 0 Å². The Kier molecular flexibility index (Phi) is 13.4. The van der Waals surface area contributed by atoms with Gasteiger partial charge in [0.2, 0.25) is 0 Å². The number of hydrogen-bond acceptors (Lipinski definition) is 1. The molecule has 2 aliphatic carbocycles. The molecular formula is C71H65N3. The van der Waals surface area contributed by atoms with Crippen molar-refractivity contribution in [2.75, 3.05) is 0 Å². The quantitative estimate of drug-likeness (QED) is 0.144. The number of para-hydroxylation sites is 2. The van der Waals surface area contributed by atoms with Crippen molar-refractivity contribution in [3.8, 4) is 44.8 Å². The Balaban J connectivity index is 0.988. The standard InChI is InChI=1S/C71H65N3/c1-50-24-10-5-3-2-4-6-17-32-58(50)61-35-21-19-33-59(61)54-40-44-70-65(48-54)63-46-52(38-42-68(63)73(70)56-28-13-8-14-29-56)53-39-43-69-64(47-53)66-49-55(41-45-71(66)74(69)57-30-15-9-16-31-57)60-34-20-22-36-62(60)67(72)37-23-18-27-51-25-11-7-12-26-51/h6,8-9,13-23,27-50H,2-5,7,10-12,24-26,72H2,1H3/b17-6-,23-18-,58-32+,67-37-. The van der Waals surface area contributed by atoms with E-state index in [1.54, 1.807) is 5.57 Å². The number of hydrogen-bond donors (Lipinski definition) is 1. The molecule has 10 aromatic rings. The van der Waals surface area contributed by atoms with Crippen LogP contribution < -0.4 is 5.73 Å². The normalized spacial score (nSPS) is 17.2. The van der Waals surface area contributed by atoms with E-state index in [-0.39, 0.29) is 0 Å². The van der Waals surface area contributed by atoms with Gasteiger partial charge in [-0.1, -0.05) is 184 Å². The second-order valence-corrected chi connectivity index (χ2v) is 20.7. The Hall–Kier alpha value is -8.14. The minimum atomic E-state index is 0.467. The van der Waals surface area contributed by atoms with Crippen molar-refractivity contribution in [3.63, 3.8) is 0 Å². The monoisotopic (exact) mass is 960 g/mol. The van der Waals surface area contributed by atoms with Gasteiger partial charge < -0.3 is 14.9 Å². The molecule has 8 aromatic carbocycles. The molecule has 2 N–H and O–H groups in total. The van der Waals surface area contributed by atoms with E-state index < -0.39 is 0 Å². The van der Waals surface area contributed by atoms with E-state index in [2.05, 4.69) is 241 Å². The lowest BCUT2D eigenvalue weighted by Crippen LogP contribution is -2.01. The molecular weight excluding hydrogens is 895 g/mol. The fourth-order valence-electron chi connectivity index (χ4n) is 12.0. The zero-order valence-corrected chi connectivity index (χ0v) is 42.7. The maximum atomic E-state index is 6.91. The summed E-state index contributed by atoms with van der Waals surface area (Å²) in [4.78, 5) is 0. The number of nitrogens with zero attached hydrogens (tertiary/aromatic N) is 2. The van der Waals surface area contributed by atoms with E-state index >= 15 is 0 Å². The lowest BCUT2D eigenvalue weighted by molar-refractivity contribution is 0.564. The summed E-state index contributed by atoms with van der Waals surface area (Å²) in [5, 5.41) is 4.90. The maximum Gasteiger partial charge on any atom is 0.0541 e. The molecule has 0 spiro atoms. The first-order chi connectivity index (χ1) is 36.6. The number of allylic oxidation sites excluding steroid dienone is 9. The van der Waals surface area contributed by atoms with E-state index in [1.807, 2.05) is 0 Å². The highest BCUT2D eigenvalue weighted by atomic mass is 15.0. The van der Waals surface area contributed by atoms with Gasteiger partial charge in [0.05, 0.1) is 22.1 Å². The van der Waals surface area contributed by atoms with E-state index in [9.17, 15) is 0 Å². The van der Waals surface area contributed by atoms with Crippen molar-refractivity contribution in [2.24, 2.45) is 11.7 Å². The molecule has 3 heteroatoms. The minimum Gasteiger partial charge on any atom is -0.398 e. The number of nitrogens with two attached hydrogens (primary N) is 1. The predicted molar refractivity (Wildman–Crippen MR) is 318 cm³/mol. The number of aromatic nitrogens is 2. The van der Waals surface area contributed by atoms with Gasteiger partial charge in [0.25, 0.3) is 0 Å². The molecule has 0 bridgehead atoms. The largest absolute Gasteiger partial charge is 0.398 e. The van der Waals surface area contributed by atoms with Gasteiger partial charge in [-0.15, -0.1) is 0 Å². The zero-order valence-electron chi connectivity index (χ0n) is 42.7. The third-order valence-corrected chi connectivity index (χ3v) is 15.9. The van der Waals surface area contributed by atoms with Crippen LogP contribution in [0.1, 0.15) is 88.7 Å². The molecule has 1 unspecified atom stereocenters. The molecule has 364 valence electrons. The van der Waals surface area contributed by atoms with Crippen LogP contribution in [-0.2, 0) is 0 Å². The summed E-state index contributed by atoms with van der Waals surface area (Å²) in [6, 6.07) is 67.4. The predicted octanol–water partition coefficient (Wildman–Crippen LogP) is 19.6. The second kappa shape index (κ2) is 21.1. The fourth-order valence-corrected chi connectivity index (χ4v) is 12.0. The van der Waals surface area contributed by atoms with Crippen LogP contribution in [0.2, 0.25) is 0 Å². The van der Waals surface area contributed by atoms with Gasteiger partial charge in [-0.05, 0) is 174 Å². The molecule has 1 fully saturated rings. The van der Waals surface area contributed by atoms with Gasteiger partial charge >= 0.3 is 0 Å². The van der Waals surface area contributed by atoms with Gasteiger partial charge in [-0.25, -0.2) is 0 Å². The first kappa shape index (κ1) is 46.9. The average molecular weight is 960 g/mol. The lowest BCUT2D eigenvalue weighted by Gasteiger charge is -2.20.